The summed E-state index contributed by atoms with van der Waals surface area (Å²) in [6, 6.07) is 3.35. The number of hydrogen-bond acceptors (Lipinski definition) is 5. The third kappa shape index (κ3) is 4.48. The van der Waals surface area contributed by atoms with Crippen LogP contribution in [0.15, 0.2) is 22.8 Å². The number of oxazole rings is 1. The Kier molecular flexibility index (Phi) is 5.83. The highest BCUT2D eigenvalue weighted by atomic mass is 35.5. The maximum absolute atomic E-state index is 12.8. The second-order valence-electron chi connectivity index (χ2n) is 8.64. The number of amides is 3. The molecule has 2 N–H and O–H groups in total. The standard InChI is InChI=1S/C22H23Cl2N3O4/c1-22(2,21-26-16(10-31-21)12-3-4-12)20(30)25-9-11-7-14(23)18(15(24)8-11)13-5-6-17(28)27-19(13)29/h7-8,10,12-13H,3-6,9H2,1-2H3,(H,25,30)(H,27,28,29). The van der Waals surface area contributed by atoms with E-state index in [0.717, 1.165) is 18.5 Å². The summed E-state index contributed by atoms with van der Waals surface area (Å²) in [7, 11) is 0. The number of piperidine rings is 1. The van der Waals surface area contributed by atoms with Gasteiger partial charge in [-0.25, -0.2) is 4.98 Å². The van der Waals surface area contributed by atoms with E-state index in [2.05, 4.69) is 15.6 Å². The molecule has 1 atom stereocenters. The first-order valence-electron chi connectivity index (χ1n) is 10.2. The summed E-state index contributed by atoms with van der Waals surface area (Å²) in [4.78, 5) is 40.9. The molecule has 2 heterocycles. The minimum absolute atomic E-state index is 0.202. The third-order valence-electron chi connectivity index (χ3n) is 5.80. The SMILES string of the molecule is CC(C)(C(=O)NCc1cc(Cl)c(C2CCC(=O)NC2=O)c(Cl)c1)c1nc(C2CC2)co1. The number of carbonyl (C=O) groups is 3. The summed E-state index contributed by atoms with van der Waals surface area (Å²) in [5.74, 6) is -0.686. The van der Waals surface area contributed by atoms with Crippen LogP contribution in [0.3, 0.4) is 0 Å². The highest BCUT2D eigenvalue weighted by molar-refractivity contribution is 6.36. The second kappa shape index (κ2) is 8.28. The second-order valence-corrected chi connectivity index (χ2v) is 9.45. The number of benzene rings is 1. The maximum Gasteiger partial charge on any atom is 0.235 e. The Morgan fingerprint density at radius 2 is 1.90 bits per heavy atom. The Morgan fingerprint density at radius 3 is 2.52 bits per heavy atom. The Balaban J connectivity index is 1.45. The van der Waals surface area contributed by atoms with E-state index in [4.69, 9.17) is 27.6 Å². The van der Waals surface area contributed by atoms with E-state index >= 15 is 0 Å². The summed E-state index contributed by atoms with van der Waals surface area (Å²) in [5, 5.41) is 5.85. The molecule has 1 unspecified atom stereocenters. The quantitative estimate of drug-likeness (QED) is 0.630. The van der Waals surface area contributed by atoms with Crippen molar-refractivity contribution in [3.05, 3.63) is 51.2 Å². The van der Waals surface area contributed by atoms with E-state index in [1.165, 1.54) is 0 Å². The molecule has 1 aromatic carbocycles. The van der Waals surface area contributed by atoms with E-state index in [0.29, 0.717) is 39.4 Å². The number of halogens is 2. The Morgan fingerprint density at radius 1 is 1.23 bits per heavy atom. The molecule has 0 spiro atoms. The number of imide groups is 1. The summed E-state index contributed by atoms with van der Waals surface area (Å²) in [5.41, 5.74) is 1.16. The third-order valence-corrected chi connectivity index (χ3v) is 6.42. The Hall–Kier alpha value is -2.38. The van der Waals surface area contributed by atoms with E-state index in [-0.39, 0.29) is 24.8 Å². The van der Waals surface area contributed by atoms with Gasteiger partial charge in [0, 0.05) is 34.5 Å². The van der Waals surface area contributed by atoms with Crippen LogP contribution in [-0.2, 0) is 26.3 Å². The van der Waals surface area contributed by atoms with Crippen molar-refractivity contribution in [1.82, 2.24) is 15.6 Å². The lowest BCUT2D eigenvalue weighted by Gasteiger charge is -2.24. The highest BCUT2D eigenvalue weighted by Gasteiger charge is 2.37. The van der Waals surface area contributed by atoms with Gasteiger partial charge in [0.15, 0.2) is 0 Å². The number of aromatic nitrogens is 1. The maximum atomic E-state index is 12.8. The van der Waals surface area contributed by atoms with Gasteiger partial charge in [0.2, 0.25) is 23.6 Å². The smallest absolute Gasteiger partial charge is 0.235 e. The van der Waals surface area contributed by atoms with Crippen molar-refractivity contribution in [2.75, 3.05) is 0 Å². The van der Waals surface area contributed by atoms with Gasteiger partial charge in [-0.2, -0.15) is 0 Å². The van der Waals surface area contributed by atoms with E-state index in [9.17, 15) is 14.4 Å². The van der Waals surface area contributed by atoms with Crippen LogP contribution < -0.4 is 10.6 Å². The van der Waals surface area contributed by atoms with E-state index < -0.39 is 17.2 Å². The van der Waals surface area contributed by atoms with Crippen LogP contribution in [0.4, 0.5) is 0 Å². The largest absolute Gasteiger partial charge is 0.448 e. The summed E-state index contributed by atoms with van der Waals surface area (Å²) in [6.07, 6.45) is 4.44. The molecule has 2 fully saturated rings. The average Bonchev–Trinajstić information content (AvgIpc) is 3.43. The van der Waals surface area contributed by atoms with Crippen LogP contribution in [0.1, 0.15) is 74.1 Å². The van der Waals surface area contributed by atoms with Crippen LogP contribution >= 0.6 is 23.2 Å². The number of carbonyl (C=O) groups excluding carboxylic acids is 3. The first-order chi connectivity index (χ1) is 14.7. The van der Waals surface area contributed by atoms with Gasteiger partial charge in [0.25, 0.3) is 0 Å². The summed E-state index contributed by atoms with van der Waals surface area (Å²) < 4.78 is 5.57. The Labute approximate surface area is 189 Å². The van der Waals surface area contributed by atoms with Gasteiger partial charge in [-0.1, -0.05) is 23.2 Å². The fraction of sp³-hybridized carbons (Fsp3) is 0.455. The molecule has 0 radical (unpaired) electrons. The van der Waals surface area contributed by atoms with E-state index in [1.54, 1.807) is 32.2 Å². The molecule has 1 aliphatic heterocycles. The fourth-order valence-corrected chi connectivity index (χ4v) is 4.48. The molecule has 7 nitrogen and oxygen atoms in total. The Bertz CT molecular complexity index is 1040. The van der Waals surface area contributed by atoms with Crippen LogP contribution in [-0.4, -0.2) is 22.7 Å². The molecule has 31 heavy (non-hydrogen) atoms. The predicted molar refractivity (Wildman–Crippen MR) is 115 cm³/mol. The predicted octanol–water partition coefficient (Wildman–Crippen LogP) is 3.97. The summed E-state index contributed by atoms with van der Waals surface area (Å²) in [6.45, 7) is 3.72. The first-order valence-corrected chi connectivity index (χ1v) is 11.0. The van der Waals surface area contributed by atoms with Crippen molar-refractivity contribution in [2.45, 2.75) is 63.3 Å². The lowest BCUT2D eigenvalue weighted by Crippen LogP contribution is -2.40. The number of rotatable bonds is 6. The number of nitrogens with zero attached hydrogens (tertiary/aromatic N) is 1. The van der Waals surface area contributed by atoms with Gasteiger partial charge in [-0.3, -0.25) is 19.7 Å². The van der Waals surface area contributed by atoms with Gasteiger partial charge in [-0.15, -0.1) is 0 Å². The monoisotopic (exact) mass is 463 g/mol. The van der Waals surface area contributed by atoms with Gasteiger partial charge in [0.1, 0.15) is 11.7 Å². The van der Waals surface area contributed by atoms with Crippen LogP contribution in [0, 0.1) is 0 Å². The average molecular weight is 464 g/mol. The van der Waals surface area contributed by atoms with Gasteiger partial charge >= 0.3 is 0 Å². The molecule has 3 amide bonds. The van der Waals surface area contributed by atoms with Crippen molar-refractivity contribution in [3.8, 4) is 0 Å². The van der Waals surface area contributed by atoms with Crippen molar-refractivity contribution < 1.29 is 18.8 Å². The van der Waals surface area contributed by atoms with Crippen LogP contribution in [0.5, 0.6) is 0 Å². The fourth-order valence-electron chi connectivity index (χ4n) is 3.68. The molecular weight excluding hydrogens is 441 g/mol. The van der Waals surface area contributed by atoms with Gasteiger partial charge in [-0.05, 0) is 50.8 Å². The zero-order valence-corrected chi connectivity index (χ0v) is 18.8. The van der Waals surface area contributed by atoms with Crippen molar-refractivity contribution in [3.63, 3.8) is 0 Å². The van der Waals surface area contributed by atoms with Crippen molar-refractivity contribution in [2.24, 2.45) is 0 Å². The molecule has 9 heteroatoms. The molecule has 164 valence electrons. The molecule has 2 aromatic rings. The highest BCUT2D eigenvalue weighted by Crippen LogP contribution is 2.40. The minimum Gasteiger partial charge on any atom is -0.448 e. The van der Waals surface area contributed by atoms with Crippen LogP contribution in [0.2, 0.25) is 10.0 Å². The topological polar surface area (TPSA) is 101 Å². The number of nitrogens with one attached hydrogen (secondary N) is 2. The normalized spacial score (nSPS) is 19.3. The molecule has 2 aliphatic rings. The van der Waals surface area contributed by atoms with E-state index in [1.807, 2.05) is 0 Å². The molecule has 1 saturated heterocycles. The van der Waals surface area contributed by atoms with Gasteiger partial charge in [0.05, 0.1) is 11.6 Å². The zero-order chi connectivity index (χ0) is 22.3. The zero-order valence-electron chi connectivity index (χ0n) is 17.3. The van der Waals surface area contributed by atoms with Crippen molar-refractivity contribution in [1.29, 1.82) is 0 Å². The molecule has 1 aliphatic carbocycles. The molecule has 4 rings (SSSR count). The molecule has 1 aromatic heterocycles. The molecule has 1 saturated carbocycles. The van der Waals surface area contributed by atoms with Crippen LogP contribution in [0.25, 0.3) is 0 Å². The van der Waals surface area contributed by atoms with Crippen molar-refractivity contribution >= 4 is 40.9 Å². The molecular formula is C22H23Cl2N3O4. The minimum atomic E-state index is -0.937. The molecule has 0 bridgehead atoms. The lowest BCUT2D eigenvalue weighted by molar-refractivity contribution is -0.134. The lowest BCUT2D eigenvalue weighted by atomic mass is 9.89. The summed E-state index contributed by atoms with van der Waals surface area (Å²) >= 11 is 12.8. The number of hydrogen-bond donors (Lipinski definition) is 2. The van der Waals surface area contributed by atoms with Gasteiger partial charge < -0.3 is 9.73 Å². The first kappa shape index (κ1) is 21.8.